The van der Waals surface area contributed by atoms with Crippen molar-refractivity contribution < 1.29 is 14.7 Å². The number of nitrogens with one attached hydrogen (secondary N) is 1. The maximum absolute atomic E-state index is 12.4. The number of nitrogens with zero attached hydrogens (tertiary/aromatic N) is 1. The van der Waals surface area contributed by atoms with E-state index in [0.717, 1.165) is 11.8 Å². The van der Waals surface area contributed by atoms with Crippen molar-refractivity contribution in [3.05, 3.63) is 59.1 Å². The summed E-state index contributed by atoms with van der Waals surface area (Å²) >= 11 is 7.07. The van der Waals surface area contributed by atoms with E-state index in [9.17, 15) is 14.7 Å². The van der Waals surface area contributed by atoms with Crippen molar-refractivity contribution >= 4 is 40.9 Å². The largest absolute Gasteiger partial charge is 0.481 e. The molecule has 7 heteroatoms. The highest BCUT2D eigenvalue weighted by Gasteiger charge is 2.37. The monoisotopic (exact) mass is 374 g/mol. The van der Waals surface area contributed by atoms with Crippen molar-refractivity contribution in [3.8, 4) is 5.40 Å². The Kier molecular flexibility index (Phi) is 6.07. The van der Waals surface area contributed by atoms with Crippen LogP contribution in [0.5, 0.6) is 0 Å². The Morgan fingerprint density at radius 1 is 1.28 bits per heavy atom. The average Bonchev–Trinajstić information content (AvgIpc) is 2.58. The van der Waals surface area contributed by atoms with E-state index in [1.165, 1.54) is 6.92 Å². The third kappa shape index (κ3) is 4.53. The van der Waals surface area contributed by atoms with Gasteiger partial charge in [0.15, 0.2) is 0 Å². The van der Waals surface area contributed by atoms with Gasteiger partial charge < -0.3 is 10.4 Å². The summed E-state index contributed by atoms with van der Waals surface area (Å²) in [4.78, 5) is 24.8. The fourth-order valence-electron chi connectivity index (χ4n) is 2.34. The number of amides is 1. The van der Waals surface area contributed by atoms with Crippen LogP contribution in [0.2, 0.25) is 5.02 Å². The van der Waals surface area contributed by atoms with Gasteiger partial charge in [-0.2, -0.15) is 5.26 Å². The summed E-state index contributed by atoms with van der Waals surface area (Å²) in [6.07, 6.45) is -0.239. The molecule has 0 spiro atoms. The van der Waals surface area contributed by atoms with E-state index in [1.807, 2.05) is 5.40 Å². The molecule has 5 nitrogen and oxygen atoms in total. The molecule has 128 valence electrons. The molecule has 0 aliphatic carbocycles. The standard InChI is InChI=1S/C18H15ClN2O3S/c1-18(17(23)24,12-5-3-2-4-6-12)10-16(22)21-15-8-7-13(25-11-20)9-14(15)19/h2-9H,10H2,1H3,(H,21,22)(H,23,24). The van der Waals surface area contributed by atoms with Crippen molar-refractivity contribution in [2.45, 2.75) is 23.7 Å². The maximum atomic E-state index is 12.4. The van der Waals surface area contributed by atoms with Crippen LogP contribution in [-0.4, -0.2) is 17.0 Å². The van der Waals surface area contributed by atoms with Gasteiger partial charge in [0.1, 0.15) is 5.40 Å². The van der Waals surface area contributed by atoms with Crippen LogP contribution < -0.4 is 5.32 Å². The molecule has 2 N–H and O–H groups in total. The predicted octanol–water partition coefficient (Wildman–Crippen LogP) is 4.28. The van der Waals surface area contributed by atoms with Crippen molar-refractivity contribution in [1.29, 1.82) is 5.26 Å². The van der Waals surface area contributed by atoms with Gasteiger partial charge in [-0.3, -0.25) is 9.59 Å². The highest BCUT2D eigenvalue weighted by molar-refractivity contribution is 8.03. The van der Waals surface area contributed by atoms with Gasteiger partial charge in [0.25, 0.3) is 0 Å². The summed E-state index contributed by atoms with van der Waals surface area (Å²) in [6.45, 7) is 1.51. The lowest BCUT2D eigenvalue weighted by Crippen LogP contribution is -2.36. The highest BCUT2D eigenvalue weighted by atomic mass is 35.5. The van der Waals surface area contributed by atoms with Gasteiger partial charge in [0.2, 0.25) is 5.91 Å². The third-order valence-corrected chi connectivity index (χ3v) is 4.67. The first-order valence-corrected chi connectivity index (χ1v) is 8.50. The molecule has 1 amide bonds. The number of carboxylic acid groups (broad SMARTS) is 1. The third-order valence-electron chi connectivity index (χ3n) is 3.78. The Bertz CT molecular complexity index is 836. The lowest BCUT2D eigenvalue weighted by molar-refractivity contribution is -0.145. The van der Waals surface area contributed by atoms with Gasteiger partial charge in [-0.15, -0.1) is 0 Å². The quantitative estimate of drug-likeness (QED) is 0.581. The van der Waals surface area contributed by atoms with Crippen LogP contribution in [0.1, 0.15) is 18.9 Å². The molecule has 0 saturated carbocycles. The van der Waals surface area contributed by atoms with Gasteiger partial charge in [-0.1, -0.05) is 41.9 Å². The molecule has 25 heavy (non-hydrogen) atoms. The Morgan fingerprint density at radius 3 is 2.52 bits per heavy atom. The molecule has 0 fully saturated rings. The summed E-state index contributed by atoms with van der Waals surface area (Å²) in [6, 6.07) is 13.4. The number of aliphatic carboxylic acids is 1. The smallest absolute Gasteiger partial charge is 0.314 e. The van der Waals surface area contributed by atoms with Gasteiger partial charge in [0.05, 0.1) is 16.1 Å². The normalized spacial score (nSPS) is 12.7. The molecule has 0 aromatic heterocycles. The number of carbonyl (C=O) groups excluding carboxylic acids is 1. The Labute approximate surface area is 154 Å². The Balaban J connectivity index is 2.18. The zero-order valence-corrected chi connectivity index (χ0v) is 14.9. The van der Waals surface area contributed by atoms with E-state index in [2.05, 4.69) is 5.32 Å². The number of carboxylic acids is 1. The maximum Gasteiger partial charge on any atom is 0.314 e. The number of anilines is 1. The van der Waals surface area contributed by atoms with Gasteiger partial charge >= 0.3 is 5.97 Å². The molecule has 0 bridgehead atoms. The number of hydrogen-bond donors (Lipinski definition) is 2. The number of thiocyanates is 1. The molecule has 0 aliphatic rings. The van der Waals surface area contributed by atoms with Gasteiger partial charge in [0, 0.05) is 11.3 Å². The van der Waals surface area contributed by atoms with E-state index >= 15 is 0 Å². The van der Waals surface area contributed by atoms with Crippen molar-refractivity contribution in [2.24, 2.45) is 0 Å². The average molecular weight is 375 g/mol. The highest BCUT2D eigenvalue weighted by Crippen LogP contribution is 2.31. The van der Waals surface area contributed by atoms with E-state index in [4.69, 9.17) is 16.9 Å². The fourth-order valence-corrected chi connectivity index (χ4v) is 3.05. The fraction of sp³-hybridized carbons (Fsp3) is 0.167. The number of hydrogen-bond acceptors (Lipinski definition) is 4. The number of nitriles is 1. The first-order chi connectivity index (χ1) is 11.9. The predicted molar refractivity (Wildman–Crippen MR) is 97.6 cm³/mol. The lowest BCUT2D eigenvalue weighted by atomic mass is 9.79. The second kappa shape index (κ2) is 8.06. The van der Waals surface area contributed by atoms with E-state index in [1.54, 1.807) is 48.5 Å². The van der Waals surface area contributed by atoms with Crippen molar-refractivity contribution in [1.82, 2.24) is 0 Å². The number of thioether (sulfide) groups is 1. The van der Waals surface area contributed by atoms with Crippen LogP contribution in [0, 0.1) is 10.7 Å². The van der Waals surface area contributed by atoms with Crippen LogP contribution in [-0.2, 0) is 15.0 Å². The first-order valence-electron chi connectivity index (χ1n) is 7.31. The molecule has 1 unspecified atom stereocenters. The van der Waals surface area contributed by atoms with Crippen molar-refractivity contribution in [2.75, 3.05) is 5.32 Å². The van der Waals surface area contributed by atoms with Gasteiger partial charge in [-0.25, -0.2) is 0 Å². The number of rotatable bonds is 6. The van der Waals surface area contributed by atoms with Crippen LogP contribution in [0.4, 0.5) is 5.69 Å². The summed E-state index contributed by atoms with van der Waals surface area (Å²) in [5.74, 6) is -1.54. The molecular weight excluding hydrogens is 360 g/mol. The lowest BCUT2D eigenvalue weighted by Gasteiger charge is -2.24. The molecule has 0 radical (unpaired) electrons. The summed E-state index contributed by atoms with van der Waals surface area (Å²) in [7, 11) is 0. The SMILES string of the molecule is CC(CC(=O)Nc1ccc(SC#N)cc1Cl)(C(=O)O)c1ccccc1. The van der Waals surface area contributed by atoms with Gasteiger partial charge in [-0.05, 0) is 42.4 Å². The number of benzene rings is 2. The Hall–Kier alpha value is -2.49. The van der Waals surface area contributed by atoms with Crippen LogP contribution >= 0.6 is 23.4 Å². The molecule has 2 aromatic carbocycles. The Morgan fingerprint density at radius 2 is 1.96 bits per heavy atom. The van der Waals surface area contributed by atoms with Crippen LogP contribution in [0.3, 0.4) is 0 Å². The minimum atomic E-state index is -1.35. The number of halogens is 1. The second-order valence-corrected chi connectivity index (χ2v) is 6.83. The van der Waals surface area contributed by atoms with E-state index in [0.29, 0.717) is 16.1 Å². The van der Waals surface area contributed by atoms with Crippen molar-refractivity contribution in [3.63, 3.8) is 0 Å². The van der Waals surface area contributed by atoms with E-state index in [-0.39, 0.29) is 11.4 Å². The molecule has 0 aliphatic heterocycles. The van der Waals surface area contributed by atoms with Crippen LogP contribution in [0.25, 0.3) is 0 Å². The molecular formula is C18H15ClN2O3S. The summed E-state index contributed by atoms with van der Waals surface area (Å²) in [5, 5.41) is 23.1. The topological polar surface area (TPSA) is 90.2 Å². The summed E-state index contributed by atoms with van der Waals surface area (Å²) < 4.78 is 0. The minimum absolute atomic E-state index is 0.239. The molecule has 0 heterocycles. The first kappa shape index (κ1) is 18.8. The summed E-state index contributed by atoms with van der Waals surface area (Å²) in [5.41, 5.74) is -0.437. The number of carbonyl (C=O) groups is 2. The molecule has 1 atom stereocenters. The molecule has 2 aromatic rings. The van der Waals surface area contributed by atoms with Crippen LogP contribution in [0.15, 0.2) is 53.4 Å². The molecule has 0 saturated heterocycles. The zero-order chi connectivity index (χ0) is 18.4. The second-order valence-electron chi connectivity index (χ2n) is 5.56. The minimum Gasteiger partial charge on any atom is -0.481 e. The molecule has 2 rings (SSSR count). The van der Waals surface area contributed by atoms with E-state index < -0.39 is 17.3 Å². The zero-order valence-electron chi connectivity index (χ0n) is 13.3.